The minimum atomic E-state index is -0.927. The number of carbonyl (C=O) groups excluding carboxylic acids is 3. The smallest absolute Gasteiger partial charge is 0.356 e. The van der Waals surface area contributed by atoms with Crippen molar-refractivity contribution in [1.29, 1.82) is 0 Å². The van der Waals surface area contributed by atoms with Crippen LogP contribution in [0.1, 0.15) is 41.8 Å². The van der Waals surface area contributed by atoms with Crippen LogP contribution in [0.2, 0.25) is 0 Å². The number of nitrogen functional groups attached to an aromatic ring is 1. The molecule has 1 fully saturated rings. The number of pyridine rings is 1. The molecule has 0 saturated carbocycles. The molecule has 2 aliphatic heterocycles. The first-order chi connectivity index (χ1) is 23.9. The number of nitrogens with zero attached hydrogens (tertiary/aromatic N) is 4. The molecule has 2 aromatic carbocycles. The van der Waals surface area contributed by atoms with Crippen LogP contribution in [0, 0.1) is 0 Å². The Morgan fingerprint density at radius 3 is 2.49 bits per heavy atom. The quantitative estimate of drug-likeness (QED) is 0.0590. The number of ether oxygens (including phenoxy) is 1. The van der Waals surface area contributed by atoms with E-state index >= 15 is 0 Å². The van der Waals surface area contributed by atoms with Crippen LogP contribution in [-0.4, -0.2) is 62.1 Å². The second kappa shape index (κ2) is 16.0. The molecule has 2 aromatic heterocycles. The number of hydrogen-bond donors (Lipinski definition) is 2. The molecule has 11 nitrogen and oxygen atoms in total. The average molecular weight is 713 g/mol. The molecule has 0 radical (unpaired) electrons. The van der Waals surface area contributed by atoms with Crippen molar-refractivity contribution in [2.45, 2.75) is 30.9 Å². The number of fused-ring (bicyclic) bond motifs is 1. The molecule has 2 aliphatic rings. The van der Waals surface area contributed by atoms with Gasteiger partial charge in [-0.3, -0.25) is 19.5 Å². The maximum absolute atomic E-state index is 14.2. The molecular weight excluding hydrogens is 681 g/mol. The van der Waals surface area contributed by atoms with E-state index in [4.69, 9.17) is 15.3 Å². The highest BCUT2D eigenvalue weighted by atomic mass is 32.2. The van der Waals surface area contributed by atoms with Gasteiger partial charge in [0.2, 0.25) is 0 Å². The average Bonchev–Trinajstić information content (AvgIpc) is 3.57. The molecule has 6 rings (SSSR count). The van der Waals surface area contributed by atoms with Crippen LogP contribution >= 0.6 is 34.9 Å². The van der Waals surface area contributed by atoms with Crippen LogP contribution in [0.25, 0.3) is 6.08 Å². The van der Waals surface area contributed by atoms with Crippen LogP contribution in [-0.2, 0) is 24.0 Å². The van der Waals surface area contributed by atoms with Crippen molar-refractivity contribution in [3.05, 3.63) is 129 Å². The highest BCUT2D eigenvalue weighted by Gasteiger charge is 2.55. The molecule has 14 heteroatoms. The molecule has 4 heterocycles. The van der Waals surface area contributed by atoms with Crippen LogP contribution in [0.5, 0.6) is 0 Å². The summed E-state index contributed by atoms with van der Waals surface area (Å²) in [6.07, 6.45) is 5.28. The third-order valence-corrected chi connectivity index (χ3v) is 10.5. The first kappa shape index (κ1) is 34.0. The van der Waals surface area contributed by atoms with Crippen LogP contribution in [0.4, 0.5) is 5.13 Å². The van der Waals surface area contributed by atoms with Gasteiger partial charge in [-0.05, 0) is 40.7 Å². The van der Waals surface area contributed by atoms with Gasteiger partial charge in [0, 0.05) is 28.4 Å². The second-order valence-corrected chi connectivity index (χ2v) is 13.8. The number of esters is 1. The van der Waals surface area contributed by atoms with Crippen molar-refractivity contribution >= 4 is 69.6 Å². The number of benzene rings is 2. The minimum Gasteiger partial charge on any atom is -0.448 e. The highest BCUT2D eigenvalue weighted by Crippen LogP contribution is 2.45. The number of carbonyl (C=O) groups is 3. The van der Waals surface area contributed by atoms with E-state index in [0.717, 1.165) is 28.0 Å². The Labute approximate surface area is 295 Å². The summed E-state index contributed by atoms with van der Waals surface area (Å²) in [5.74, 6) is -1.33. The van der Waals surface area contributed by atoms with Crippen LogP contribution in [0.3, 0.4) is 0 Å². The predicted molar refractivity (Wildman–Crippen MR) is 193 cm³/mol. The SMILES string of the molecule is CCCON=C(C(=O)NC1C(=O)N2C(C(=O)OC(c3ccccc3)c3ccccc3)=C(S/C=C\c3cccnc3)CS[C@H]12)c1csc(N)n1. The minimum absolute atomic E-state index is 0.0889. The zero-order valence-electron chi connectivity index (χ0n) is 26.3. The van der Waals surface area contributed by atoms with E-state index in [-0.39, 0.29) is 22.2 Å². The Kier molecular flexibility index (Phi) is 11.1. The maximum Gasteiger partial charge on any atom is 0.356 e. The molecule has 0 spiro atoms. The Bertz CT molecular complexity index is 1850. The standard InChI is InChI=1S/C35H32N6O5S3/c1-2-17-45-40-27(25-20-49-35(36)38-25)31(42)39-28-32(43)41-29(26(21-48-33(28)41)47-18-15-22-10-9-16-37-19-22)34(44)46-30(23-11-5-3-6-12-23)24-13-7-4-8-14-24/h3-16,18-20,28,30,33H,2,17,21H2,1H3,(H2,36,38)(H,39,42)/b18-15-,40-27?/t28?,33-/m1/s1. The van der Waals surface area contributed by atoms with E-state index < -0.39 is 35.3 Å². The lowest BCUT2D eigenvalue weighted by Crippen LogP contribution is -2.71. The fourth-order valence-corrected chi connectivity index (χ4v) is 8.00. The monoisotopic (exact) mass is 712 g/mol. The summed E-state index contributed by atoms with van der Waals surface area (Å²) in [4.78, 5) is 57.3. The van der Waals surface area contributed by atoms with Crippen molar-refractivity contribution in [3.63, 3.8) is 0 Å². The summed E-state index contributed by atoms with van der Waals surface area (Å²) in [6.45, 7) is 2.21. The Morgan fingerprint density at radius 1 is 1.12 bits per heavy atom. The fraction of sp³-hybridized carbons (Fsp3) is 0.200. The molecule has 0 aliphatic carbocycles. The highest BCUT2D eigenvalue weighted by molar-refractivity contribution is 8.08. The Hall–Kier alpha value is -4.92. The van der Waals surface area contributed by atoms with E-state index in [0.29, 0.717) is 23.7 Å². The number of anilines is 1. The van der Waals surface area contributed by atoms with Gasteiger partial charge >= 0.3 is 5.97 Å². The third-order valence-electron chi connectivity index (χ3n) is 7.43. The lowest BCUT2D eigenvalue weighted by molar-refractivity contribution is -0.154. The molecule has 0 bridgehead atoms. The number of β-lactam (4-membered cyclic amide) rings is 1. The van der Waals surface area contributed by atoms with E-state index in [1.54, 1.807) is 17.8 Å². The molecular formula is C35H32N6O5S3. The summed E-state index contributed by atoms with van der Waals surface area (Å²) in [5.41, 5.74) is 8.57. The molecule has 1 unspecified atom stereocenters. The topological polar surface area (TPSA) is 149 Å². The number of nitrogens with two attached hydrogens (primary N) is 1. The van der Waals surface area contributed by atoms with Crippen molar-refractivity contribution in [1.82, 2.24) is 20.2 Å². The van der Waals surface area contributed by atoms with Gasteiger partial charge in [-0.1, -0.05) is 90.6 Å². The zero-order valence-corrected chi connectivity index (χ0v) is 28.8. The number of thioether (sulfide) groups is 2. The van der Waals surface area contributed by atoms with E-state index in [2.05, 4.69) is 20.4 Å². The lowest BCUT2D eigenvalue weighted by atomic mass is 10.0. The molecule has 3 N–H and O–H groups in total. The van der Waals surface area contributed by atoms with Crippen molar-refractivity contribution in [2.75, 3.05) is 18.1 Å². The zero-order chi connectivity index (χ0) is 34.2. The Balaban J connectivity index is 1.28. The predicted octanol–water partition coefficient (Wildman–Crippen LogP) is 5.60. The number of nitrogens with one attached hydrogen (secondary N) is 1. The number of thiazole rings is 1. The summed E-state index contributed by atoms with van der Waals surface area (Å²) in [6, 6.07) is 21.7. The number of amides is 2. The van der Waals surface area contributed by atoms with Gasteiger partial charge in [-0.15, -0.1) is 23.1 Å². The lowest BCUT2D eigenvalue weighted by Gasteiger charge is -2.49. The van der Waals surface area contributed by atoms with Gasteiger partial charge in [0.25, 0.3) is 11.8 Å². The number of rotatable bonds is 13. The van der Waals surface area contributed by atoms with Crippen LogP contribution in [0.15, 0.2) is 112 Å². The second-order valence-electron chi connectivity index (χ2n) is 10.8. The summed E-state index contributed by atoms with van der Waals surface area (Å²) < 4.78 is 6.24. The molecule has 250 valence electrons. The van der Waals surface area contributed by atoms with Crippen molar-refractivity contribution < 1.29 is 24.0 Å². The van der Waals surface area contributed by atoms with Gasteiger partial charge in [-0.2, -0.15) is 0 Å². The first-order valence-corrected chi connectivity index (χ1v) is 18.2. The number of hydrogen-bond acceptors (Lipinski definition) is 12. The van der Waals surface area contributed by atoms with Gasteiger partial charge in [0.1, 0.15) is 29.4 Å². The van der Waals surface area contributed by atoms with E-state index in [1.807, 2.05) is 91.2 Å². The normalized spacial score (nSPS) is 17.6. The number of oxime groups is 1. The summed E-state index contributed by atoms with van der Waals surface area (Å²) >= 11 is 3.93. The van der Waals surface area contributed by atoms with Crippen molar-refractivity contribution in [2.24, 2.45) is 5.16 Å². The van der Waals surface area contributed by atoms with Gasteiger partial charge in [0.05, 0.1) is 0 Å². The van der Waals surface area contributed by atoms with E-state index in [9.17, 15) is 14.4 Å². The largest absolute Gasteiger partial charge is 0.448 e. The molecule has 2 amide bonds. The maximum atomic E-state index is 14.2. The van der Waals surface area contributed by atoms with Crippen molar-refractivity contribution in [3.8, 4) is 0 Å². The molecule has 2 atom stereocenters. The summed E-state index contributed by atoms with van der Waals surface area (Å²) in [5, 5.41) is 9.96. The van der Waals surface area contributed by atoms with Gasteiger partial charge in [-0.25, -0.2) is 9.78 Å². The molecule has 49 heavy (non-hydrogen) atoms. The van der Waals surface area contributed by atoms with E-state index in [1.165, 1.54) is 28.4 Å². The molecule has 4 aromatic rings. The van der Waals surface area contributed by atoms with Gasteiger partial charge < -0.3 is 20.6 Å². The number of aromatic nitrogens is 2. The van der Waals surface area contributed by atoms with Crippen LogP contribution < -0.4 is 11.1 Å². The third kappa shape index (κ3) is 7.88. The Morgan fingerprint density at radius 2 is 1.86 bits per heavy atom. The first-order valence-electron chi connectivity index (χ1n) is 15.4. The fourth-order valence-electron chi connectivity index (χ4n) is 5.10. The van der Waals surface area contributed by atoms with Gasteiger partial charge in [0.15, 0.2) is 16.9 Å². The molecule has 1 saturated heterocycles. The summed E-state index contributed by atoms with van der Waals surface area (Å²) in [7, 11) is 0.